The minimum Gasteiger partial charge on any atom is -0.356 e. The summed E-state index contributed by atoms with van der Waals surface area (Å²) >= 11 is 0. The summed E-state index contributed by atoms with van der Waals surface area (Å²) in [6, 6.07) is 8.10. The first-order valence-electron chi connectivity index (χ1n) is 9.83. The maximum Gasteiger partial charge on any atom is 0.253 e. The number of nitrogens with one attached hydrogen (secondary N) is 1. The van der Waals surface area contributed by atoms with Gasteiger partial charge in [0.25, 0.3) is 5.91 Å². The molecule has 1 fully saturated rings. The maximum atomic E-state index is 13.0. The van der Waals surface area contributed by atoms with Crippen molar-refractivity contribution in [3.8, 4) is 0 Å². The summed E-state index contributed by atoms with van der Waals surface area (Å²) in [6.45, 7) is 1.46. The van der Waals surface area contributed by atoms with E-state index in [0.29, 0.717) is 11.6 Å². The van der Waals surface area contributed by atoms with Crippen LogP contribution in [-0.2, 0) is 7.05 Å². The molecule has 1 N–H and O–H groups in total. The van der Waals surface area contributed by atoms with Crippen molar-refractivity contribution in [2.75, 3.05) is 25.0 Å². The summed E-state index contributed by atoms with van der Waals surface area (Å²) in [5.41, 5.74) is 3.43. The number of hydrogen-bond donors (Lipinski definition) is 1. The molecule has 0 bridgehead atoms. The Morgan fingerprint density at radius 3 is 2.83 bits per heavy atom. The van der Waals surface area contributed by atoms with Crippen molar-refractivity contribution in [3.05, 3.63) is 48.7 Å². The van der Waals surface area contributed by atoms with E-state index in [2.05, 4.69) is 31.9 Å². The molecule has 1 aliphatic heterocycles. The van der Waals surface area contributed by atoms with Crippen LogP contribution in [0.2, 0.25) is 0 Å². The molecule has 0 radical (unpaired) electrons. The number of nitrogens with zero attached hydrogens (tertiary/aromatic N) is 6. The van der Waals surface area contributed by atoms with Crippen molar-refractivity contribution in [1.29, 1.82) is 0 Å². The number of carbonyl (C=O) groups excluding carboxylic acids is 1. The lowest BCUT2D eigenvalue weighted by molar-refractivity contribution is 0.0713. The van der Waals surface area contributed by atoms with Gasteiger partial charge in [0.05, 0.1) is 22.7 Å². The highest BCUT2D eigenvalue weighted by atomic mass is 16.2. The van der Waals surface area contributed by atoms with Crippen LogP contribution in [-0.4, -0.2) is 61.5 Å². The van der Waals surface area contributed by atoms with E-state index >= 15 is 0 Å². The summed E-state index contributed by atoms with van der Waals surface area (Å²) in [5.74, 6) is 1.01. The lowest BCUT2D eigenvalue weighted by atomic mass is 10.0. The first-order chi connectivity index (χ1) is 14.1. The Morgan fingerprint density at radius 2 is 2.00 bits per heavy atom. The average molecular weight is 389 g/mol. The minimum atomic E-state index is 0.0775. The molecule has 0 aliphatic carbocycles. The minimum absolute atomic E-state index is 0.0775. The highest BCUT2D eigenvalue weighted by molar-refractivity contribution is 5.97. The molecule has 148 valence electrons. The molecule has 4 heterocycles. The third-order valence-electron chi connectivity index (χ3n) is 5.94. The van der Waals surface area contributed by atoms with Gasteiger partial charge in [-0.3, -0.25) is 4.79 Å². The lowest BCUT2D eigenvalue weighted by Gasteiger charge is -2.37. The van der Waals surface area contributed by atoms with Gasteiger partial charge in [0, 0.05) is 45.0 Å². The van der Waals surface area contributed by atoms with Gasteiger partial charge in [0.2, 0.25) is 0 Å². The third kappa shape index (κ3) is 3.00. The second-order valence-electron chi connectivity index (χ2n) is 7.63. The van der Waals surface area contributed by atoms with Crippen LogP contribution in [0.15, 0.2) is 43.1 Å². The van der Waals surface area contributed by atoms with Crippen LogP contribution < -0.4 is 4.90 Å². The van der Waals surface area contributed by atoms with E-state index in [4.69, 9.17) is 0 Å². The van der Waals surface area contributed by atoms with E-state index < -0.39 is 0 Å². The number of anilines is 1. The van der Waals surface area contributed by atoms with Crippen molar-refractivity contribution in [2.45, 2.75) is 18.9 Å². The molecule has 0 unspecified atom stereocenters. The van der Waals surface area contributed by atoms with Crippen LogP contribution in [0, 0.1) is 0 Å². The predicted molar refractivity (Wildman–Crippen MR) is 112 cm³/mol. The fraction of sp³-hybridized carbons (Fsp3) is 0.333. The Hall–Kier alpha value is -3.42. The van der Waals surface area contributed by atoms with E-state index in [-0.39, 0.29) is 5.91 Å². The first kappa shape index (κ1) is 17.7. The quantitative estimate of drug-likeness (QED) is 0.582. The van der Waals surface area contributed by atoms with Crippen LogP contribution in [0.4, 0.5) is 5.82 Å². The summed E-state index contributed by atoms with van der Waals surface area (Å²) < 4.78 is 1.96. The van der Waals surface area contributed by atoms with Gasteiger partial charge < -0.3 is 19.4 Å². The normalized spacial score (nSPS) is 15.3. The van der Waals surface area contributed by atoms with Crippen molar-refractivity contribution in [2.24, 2.45) is 7.05 Å². The Labute approximate surface area is 168 Å². The molecule has 0 atom stereocenters. The Morgan fingerprint density at radius 1 is 1.17 bits per heavy atom. The van der Waals surface area contributed by atoms with Crippen LogP contribution >= 0.6 is 0 Å². The fourth-order valence-corrected chi connectivity index (χ4v) is 4.22. The Balaban J connectivity index is 1.29. The smallest absolute Gasteiger partial charge is 0.253 e. The topological polar surface area (TPSA) is 82.9 Å². The summed E-state index contributed by atoms with van der Waals surface area (Å²) in [5, 5.41) is 1.03. The Kier molecular flexibility index (Phi) is 4.19. The van der Waals surface area contributed by atoms with E-state index in [0.717, 1.165) is 53.8 Å². The first-order valence-corrected chi connectivity index (χ1v) is 9.83. The number of piperidine rings is 1. The highest BCUT2D eigenvalue weighted by Crippen LogP contribution is 2.27. The Bertz CT molecular complexity index is 1190. The number of carbonyl (C=O) groups is 1. The van der Waals surface area contributed by atoms with Gasteiger partial charge in [-0.2, -0.15) is 0 Å². The van der Waals surface area contributed by atoms with Gasteiger partial charge in [-0.25, -0.2) is 15.0 Å². The average Bonchev–Trinajstić information content (AvgIpc) is 3.39. The van der Waals surface area contributed by atoms with Crippen LogP contribution in [0.1, 0.15) is 23.2 Å². The molecule has 29 heavy (non-hydrogen) atoms. The number of likely N-dealkylation sites (tertiary alicyclic amines) is 1. The van der Waals surface area contributed by atoms with Crippen LogP contribution in [0.5, 0.6) is 0 Å². The molecule has 8 nitrogen and oxygen atoms in total. The standard InChI is InChI=1S/C21H23N7O/c1-26-13-25-17-11-14(3-4-18(17)26)21(29)28-9-6-15(7-10-28)27(2)20-16-5-8-22-19(16)23-12-24-20/h3-5,8,11-13,15H,6-7,9-10H2,1-2H3,(H,22,23,24). The number of hydrogen-bond acceptors (Lipinski definition) is 5. The second-order valence-corrected chi connectivity index (χ2v) is 7.63. The van der Waals surface area contributed by atoms with Gasteiger partial charge in [-0.05, 0) is 37.1 Å². The molecule has 1 aromatic carbocycles. The molecule has 1 aliphatic rings. The van der Waals surface area contributed by atoms with Crippen molar-refractivity contribution < 1.29 is 4.79 Å². The van der Waals surface area contributed by atoms with Crippen LogP contribution in [0.25, 0.3) is 22.1 Å². The molecule has 1 saturated heterocycles. The highest BCUT2D eigenvalue weighted by Gasteiger charge is 2.27. The van der Waals surface area contributed by atoms with Crippen LogP contribution in [0.3, 0.4) is 0 Å². The van der Waals surface area contributed by atoms with Gasteiger partial charge in [-0.1, -0.05) is 0 Å². The molecular weight excluding hydrogens is 366 g/mol. The van der Waals surface area contributed by atoms with Gasteiger partial charge in [0.1, 0.15) is 17.8 Å². The zero-order valence-corrected chi connectivity index (χ0v) is 16.5. The van der Waals surface area contributed by atoms with E-state index in [1.54, 1.807) is 12.7 Å². The number of fused-ring (bicyclic) bond motifs is 2. The van der Waals surface area contributed by atoms with Gasteiger partial charge in [0.15, 0.2) is 0 Å². The third-order valence-corrected chi connectivity index (χ3v) is 5.94. The number of H-pyrrole nitrogens is 1. The largest absolute Gasteiger partial charge is 0.356 e. The molecule has 5 rings (SSSR count). The molecular formula is C21H23N7O. The lowest BCUT2D eigenvalue weighted by Crippen LogP contribution is -2.46. The number of rotatable bonds is 3. The molecule has 8 heteroatoms. The predicted octanol–water partition coefficient (Wildman–Crippen LogP) is 2.59. The summed E-state index contributed by atoms with van der Waals surface area (Å²) in [4.78, 5) is 33.4. The number of amides is 1. The van der Waals surface area contributed by atoms with E-state index in [1.807, 2.05) is 47.0 Å². The number of aromatic nitrogens is 5. The number of aromatic amines is 1. The number of aryl methyl sites for hydroxylation is 1. The molecule has 0 spiro atoms. The van der Waals surface area contributed by atoms with Gasteiger partial charge in [-0.15, -0.1) is 0 Å². The van der Waals surface area contributed by atoms with Crippen molar-refractivity contribution in [1.82, 2.24) is 29.4 Å². The number of imidazole rings is 1. The maximum absolute atomic E-state index is 13.0. The zero-order chi connectivity index (χ0) is 20.0. The second kappa shape index (κ2) is 6.88. The molecule has 3 aromatic heterocycles. The molecule has 4 aromatic rings. The van der Waals surface area contributed by atoms with E-state index in [9.17, 15) is 4.79 Å². The van der Waals surface area contributed by atoms with E-state index in [1.165, 1.54) is 0 Å². The molecule has 0 saturated carbocycles. The fourth-order valence-electron chi connectivity index (χ4n) is 4.22. The SMILES string of the molecule is CN(c1ncnc2[nH]ccc12)C1CCN(C(=O)c2ccc3c(c2)ncn3C)CC1. The monoisotopic (exact) mass is 389 g/mol. The van der Waals surface area contributed by atoms with Crippen molar-refractivity contribution >= 4 is 33.8 Å². The molecule has 1 amide bonds. The zero-order valence-electron chi connectivity index (χ0n) is 16.5. The summed E-state index contributed by atoms with van der Waals surface area (Å²) in [7, 11) is 4.03. The number of benzene rings is 1. The van der Waals surface area contributed by atoms with Crippen molar-refractivity contribution in [3.63, 3.8) is 0 Å². The summed E-state index contributed by atoms with van der Waals surface area (Å²) in [6.07, 6.45) is 7.07. The van der Waals surface area contributed by atoms with Gasteiger partial charge >= 0.3 is 0 Å².